The number of carbonyl (C=O) groups is 3. The summed E-state index contributed by atoms with van der Waals surface area (Å²) in [6.45, 7) is 4.70. The number of fused-ring (bicyclic) bond motifs is 3. The Morgan fingerprint density at radius 1 is 1.00 bits per heavy atom. The van der Waals surface area contributed by atoms with Crippen molar-refractivity contribution in [2.24, 2.45) is 11.8 Å². The van der Waals surface area contributed by atoms with E-state index in [1.54, 1.807) is 6.92 Å². The van der Waals surface area contributed by atoms with Crippen molar-refractivity contribution in [2.45, 2.75) is 45.4 Å². The fourth-order valence-electron chi connectivity index (χ4n) is 4.33. The summed E-state index contributed by atoms with van der Waals surface area (Å²) in [5, 5.41) is 14.5. The highest BCUT2D eigenvalue weighted by molar-refractivity contribution is 5.79. The number of carbonyl (C=O) groups excluding carboxylic acids is 2. The third-order valence-electron chi connectivity index (χ3n) is 6.49. The van der Waals surface area contributed by atoms with E-state index in [1.165, 1.54) is 11.1 Å². The third kappa shape index (κ3) is 6.59. The fraction of sp³-hybridized carbons (Fsp3) is 0.444. The van der Waals surface area contributed by atoms with Gasteiger partial charge in [0.1, 0.15) is 6.61 Å². The number of alkyl carbamates (subject to hydrolysis) is 1. The largest absolute Gasteiger partial charge is 0.481 e. The normalized spacial score (nSPS) is 13.9. The number of carboxylic acids is 1. The topological polar surface area (TPSA) is 105 Å². The van der Waals surface area contributed by atoms with Crippen molar-refractivity contribution in [3.05, 3.63) is 59.7 Å². The summed E-state index contributed by atoms with van der Waals surface area (Å²) in [7, 11) is 0. The average Bonchev–Trinajstić information content (AvgIpc) is 3.16. The molecule has 2 amide bonds. The predicted octanol–water partition coefficient (Wildman–Crippen LogP) is 4.56. The van der Waals surface area contributed by atoms with Crippen molar-refractivity contribution < 1.29 is 24.2 Å². The molecule has 0 spiro atoms. The van der Waals surface area contributed by atoms with Crippen LogP contribution in [0.2, 0.25) is 0 Å². The number of ether oxygens (including phenoxy) is 1. The van der Waals surface area contributed by atoms with Crippen LogP contribution >= 0.6 is 0 Å². The number of nitrogens with one attached hydrogen (secondary N) is 2. The highest BCUT2D eigenvalue weighted by atomic mass is 16.5. The van der Waals surface area contributed by atoms with Crippen LogP contribution in [0.3, 0.4) is 0 Å². The molecule has 7 heteroatoms. The van der Waals surface area contributed by atoms with Crippen molar-refractivity contribution in [1.29, 1.82) is 0 Å². The monoisotopic (exact) mass is 466 g/mol. The minimum Gasteiger partial charge on any atom is -0.481 e. The summed E-state index contributed by atoms with van der Waals surface area (Å²) in [6.07, 6.45) is 1.70. The lowest BCUT2D eigenvalue weighted by Crippen LogP contribution is -2.34. The van der Waals surface area contributed by atoms with E-state index in [-0.39, 0.29) is 24.3 Å². The van der Waals surface area contributed by atoms with Crippen molar-refractivity contribution in [3.63, 3.8) is 0 Å². The van der Waals surface area contributed by atoms with Gasteiger partial charge in [-0.05, 0) is 41.0 Å². The van der Waals surface area contributed by atoms with Gasteiger partial charge in [-0.2, -0.15) is 0 Å². The molecule has 0 fully saturated rings. The highest BCUT2D eigenvalue weighted by Crippen LogP contribution is 2.44. The summed E-state index contributed by atoms with van der Waals surface area (Å²) in [5.41, 5.74) is 4.69. The Balaban J connectivity index is 1.41. The van der Waals surface area contributed by atoms with Gasteiger partial charge in [0.25, 0.3) is 0 Å². The molecule has 0 bridgehead atoms. The Morgan fingerprint density at radius 3 is 2.21 bits per heavy atom. The molecule has 182 valence electrons. The van der Waals surface area contributed by atoms with Crippen LogP contribution in [-0.2, 0) is 14.3 Å². The minimum absolute atomic E-state index is 0.00146. The molecule has 0 aliphatic heterocycles. The molecule has 2 aromatic carbocycles. The first kappa shape index (κ1) is 25.3. The summed E-state index contributed by atoms with van der Waals surface area (Å²) in [5.74, 6) is -1.32. The molecule has 2 atom stereocenters. The first-order valence-electron chi connectivity index (χ1n) is 12.0. The number of hydrogen-bond acceptors (Lipinski definition) is 4. The zero-order valence-corrected chi connectivity index (χ0v) is 19.9. The molecular formula is C27H34N2O5. The molecule has 1 aliphatic rings. The first-order valence-corrected chi connectivity index (χ1v) is 12.0. The summed E-state index contributed by atoms with van der Waals surface area (Å²) < 4.78 is 5.56. The zero-order valence-electron chi connectivity index (χ0n) is 19.9. The Labute approximate surface area is 200 Å². The van der Waals surface area contributed by atoms with Gasteiger partial charge in [-0.25, -0.2) is 4.79 Å². The number of benzene rings is 2. The number of aliphatic carboxylic acids is 1. The van der Waals surface area contributed by atoms with Gasteiger partial charge in [0.05, 0.1) is 5.92 Å². The van der Waals surface area contributed by atoms with Crippen LogP contribution in [0.1, 0.15) is 56.6 Å². The van der Waals surface area contributed by atoms with Gasteiger partial charge in [-0.15, -0.1) is 0 Å². The second kappa shape index (κ2) is 12.2. The van der Waals surface area contributed by atoms with Gasteiger partial charge in [-0.1, -0.05) is 68.8 Å². The van der Waals surface area contributed by atoms with E-state index in [9.17, 15) is 14.4 Å². The SMILES string of the molecule is CCC(CNC(=O)OCC1c2ccccc2-c2ccccc21)CC(=O)NCCCC(C)C(=O)O. The number of rotatable bonds is 12. The molecule has 34 heavy (non-hydrogen) atoms. The molecule has 1 aliphatic carbocycles. The Kier molecular flexibility index (Phi) is 9.08. The van der Waals surface area contributed by atoms with Gasteiger partial charge in [0, 0.05) is 25.4 Å². The molecule has 0 radical (unpaired) electrons. The second-order valence-corrected chi connectivity index (χ2v) is 8.92. The van der Waals surface area contributed by atoms with Crippen LogP contribution in [-0.4, -0.2) is 42.8 Å². The Hall–Kier alpha value is -3.35. The quantitative estimate of drug-likeness (QED) is 0.398. The third-order valence-corrected chi connectivity index (χ3v) is 6.49. The minimum atomic E-state index is -0.823. The van der Waals surface area contributed by atoms with E-state index in [0.29, 0.717) is 32.4 Å². The highest BCUT2D eigenvalue weighted by Gasteiger charge is 2.29. The predicted molar refractivity (Wildman–Crippen MR) is 131 cm³/mol. The van der Waals surface area contributed by atoms with E-state index in [0.717, 1.165) is 17.5 Å². The van der Waals surface area contributed by atoms with Gasteiger partial charge in [0.15, 0.2) is 0 Å². The second-order valence-electron chi connectivity index (χ2n) is 8.92. The van der Waals surface area contributed by atoms with Crippen LogP contribution in [0.25, 0.3) is 11.1 Å². The van der Waals surface area contributed by atoms with Crippen LogP contribution in [0.4, 0.5) is 4.79 Å². The molecule has 0 aromatic heterocycles. The lowest BCUT2D eigenvalue weighted by molar-refractivity contribution is -0.141. The van der Waals surface area contributed by atoms with E-state index in [1.807, 2.05) is 31.2 Å². The van der Waals surface area contributed by atoms with Crippen molar-refractivity contribution in [3.8, 4) is 11.1 Å². The Morgan fingerprint density at radius 2 is 1.62 bits per heavy atom. The van der Waals surface area contributed by atoms with Gasteiger partial charge < -0.3 is 20.5 Å². The summed E-state index contributed by atoms with van der Waals surface area (Å²) >= 11 is 0. The molecule has 3 rings (SSSR count). The van der Waals surface area contributed by atoms with Crippen LogP contribution in [0.5, 0.6) is 0 Å². The summed E-state index contributed by atoms with van der Waals surface area (Å²) in [6, 6.07) is 16.4. The molecule has 3 N–H and O–H groups in total. The average molecular weight is 467 g/mol. The zero-order chi connectivity index (χ0) is 24.5. The van der Waals surface area contributed by atoms with E-state index in [2.05, 4.69) is 34.9 Å². The van der Waals surface area contributed by atoms with Gasteiger partial charge in [0.2, 0.25) is 5.91 Å². The van der Waals surface area contributed by atoms with Crippen LogP contribution in [0.15, 0.2) is 48.5 Å². The molecule has 2 unspecified atom stereocenters. The lowest BCUT2D eigenvalue weighted by atomic mass is 9.98. The molecule has 0 saturated carbocycles. The number of amides is 2. The van der Waals surface area contributed by atoms with Crippen molar-refractivity contribution in [1.82, 2.24) is 10.6 Å². The molecule has 2 aromatic rings. The van der Waals surface area contributed by atoms with E-state index >= 15 is 0 Å². The van der Waals surface area contributed by atoms with Crippen LogP contribution < -0.4 is 10.6 Å². The summed E-state index contributed by atoms with van der Waals surface area (Å²) in [4.78, 5) is 35.4. The maximum absolute atomic E-state index is 12.4. The maximum Gasteiger partial charge on any atom is 0.407 e. The smallest absolute Gasteiger partial charge is 0.407 e. The first-order chi connectivity index (χ1) is 16.4. The van der Waals surface area contributed by atoms with Gasteiger partial charge >= 0.3 is 12.1 Å². The van der Waals surface area contributed by atoms with Gasteiger partial charge in [-0.3, -0.25) is 9.59 Å². The molecular weight excluding hydrogens is 432 g/mol. The van der Waals surface area contributed by atoms with Crippen molar-refractivity contribution in [2.75, 3.05) is 19.7 Å². The molecule has 0 saturated heterocycles. The number of carboxylic acid groups (broad SMARTS) is 1. The van der Waals surface area contributed by atoms with E-state index in [4.69, 9.17) is 9.84 Å². The fourth-order valence-corrected chi connectivity index (χ4v) is 4.33. The standard InChI is InChI=1S/C27H34N2O5/c1-3-19(15-25(30)28-14-8-9-18(2)26(31)32)16-29-27(33)34-17-24-22-12-6-4-10-20(22)21-11-5-7-13-23(21)24/h4-7,10-13,18-19,24H,3,8-9,14-17H2,1-2H3,(H,28,30)(H,29,33)(H,31,32). The van der Waals surface area contributed by atoms with Crippen molar-refractivity contribution >= 4 is 18.0 Å². The lowest BCUT2D eigenvalue weighted by Gasteiger charge is -2.17. The molecule has 0 heterocycles. The van der Waals surface area contributed by atoms with E-state index < -0.39 is 18.0 Å². The number of hydrogen-bond donors (Lipinski definition) is 3. The maximum atomic E-state index is 12.4. The van der Waals surface area contributed by atoms with Crippen LogP contribution in [0, 0.1) is 11.8 Å². The Bertz CT molecular complexity index is 961. The molecule has 7 nitrogen and oxygen atoms in total.